The Morgan fingerprint density at radius 3 is 0.788 bits per heavy atom. The van der Waals surface area contributed by atoms with Gasteiger partial charge in [-0.15, -0.1) is 0 Å². The van der Waals surface area contributed by atoms with Crippen LogP contribution in [-0.2, 0) is 0 Å². The predicted octanol–water partition coefficient (Wildman–Crippen LogP) is 17.5. The lowest BCUT2D eigenvalue weighted by molar-refractivity contribution is 1.13. The van der Waals surface area contributed by atoms with E-state index in [1.54, 1.807) is 0 Å². The number of benzene rings is 12. The van der Waals surface area contributed by atoms with Crippen LogP contribution in [-0.4, -0.2) is 9.13 Å². The minimum Gasteiger partial charge on any atom is -0.309 e. The fourth-order valence-corrected chi connectivity index (χ4v) is 11.3. The molecule has 306 valence electrons. The molecule has 14 aromatic rings. The maximum Gasteiger partial charge on any atom is 0.0620 e. The predicted molar refractivity (Wildman–Crippen MR) is 281 cm³/mol. The molecule has 0 saturated carbocycles. The topological polar surface area (TPSA) is 9.86 Å². The minimum atomic E-state index is 1.13. The lowest BCUT2D eigenvalue weighted by atomic mass is 9.93. The molecule has 0 saturated heterocycles. The van der Waals surface area contributed by atoms with E-state index in [-0.39, 0.29) is 0 Å². The van der Waals surface area contributed by atoms with Gasteiger partial charge in [-0.3, -0.25) is 0 Å². The quantitative estimate of drug-likeness (QED) is 0.153. The molecular formula is C64H40N2. The second kappa shape index (κ2) is 14.4. The summed E-state index contributed by atoms with van der Waals surface area (Å²) in [7, 11) is 0. The van der Waals surface area contributed by atoms with E-state index < -0.39 is 0 Å². The van der Waals surface area contributed by atoms with Gasteiger partial charge in [-0.2, -0.15) is 0 Å². The Hall–Kier alpha value is -8.72. The van der Waals surface area contributed by atoms with Crippen LogP contribution in [0.3, 0.4) is 0 Å². The number of rotatable bonds is 5. The number of hydrogen-bond acceptors (Lipinski definition) is 0. The summed E-state index contributed by atoms with van der Waals surface area (Å²) < 4.78 is 5.05. The molecule has 66 heavy (non-hydrogen) atoms. The van der Waals surface area contributed by atoms with Gasteiger partial charge >= 0.3 is 0 Å². The number of nitrogens with zero attached hydrogens (tertiary/aromatic N) is 2. The molecule has 12 aromatic carbocycles. The Kier molecular flexibility index (Phi) is 8.02. The summed E-state index contributed by atoms with van der Waals surface area (Å²) in [6.45, 7) is 0. The Bertz CT molecular complexity index is 3920. The van der Waals surface area contributed by atoms with Crippen LogP contribution in [0.4, 0.5) is 0 Å². The van der Waals surface area contributed by atoms with Crippen molar-refractivity contribution in [2.45, 2.75) is 0 Å². The van der Waals surface area contributed by atoms with Gasteiger partial charge in [0.2, 0.25) is 0 Å². The van der Waals surface area contributed by atoms with Crippen molar-refractivity contribution in [1.82, 2.24) is 9.13 Å². The minimum absolute atomic E-state index is 1.13. The first-order valence-corrected chi connectivity index (χ1v) is 22.9. The standard InChI is InChI=1S/C64H40N2/c1-3-19-41(20-4-1)63-61(55-31-15-17-33-59(55)65(63)43-35-37-53-49-27-9-7-23-45(49)47-25-11-13-29-51(47)57(53)39-43)62-56-32-16-18-34-60(56)66(64(62)42-21-5-2-6-22-42)44-36-38-54-50-28-10-8-24-46(50)48-26-12-14-30-52(48)58(54)40-44/h1-40H. The molecule has 0 spiro atoms. The van der Waals surface area contributed by atoms with Gasteiger partial charge in [0.05, 0.1) is 22.4 Å². The summed E-state index contributed by atoms with van der Waals surface area (Å²) in [5.74, 6) is 0. The van der Waals surface area contributed by atoms with Gasteiger partial charge in [-0.25, -0.2) is 0 Å². The third kappa shape index (κ3) is 5.30. The molecule has 0 aliphatic carbocycles. The van der Waals surface area contributed by atoms with Crippen molar-refractivity contribution in [1.29, 1.82) is 0 Å². The van der Waals surface area contributed by atoms with E-state index in [9.17, 15) is 0 Å². The highest BCUT2D eigenvalue weighted by Gasteiger charge is 2.29. The zero-order valence-electron chi connectivity index (χ0n) is 36.0. The van der Waals surface area contributed by atoms with Crippen LogP contribution in [0, 0.1) is 0 Å². The fraction of sp³-hybridized carbons (Fsp3) is 0. The Balaban J connectivity index is 1.13. The highest BCUT2D eigenvalue weighted by atomic mass is 15.0. The smallest absolute Gasteiger partial charge is 0.0620 e. The number of fused-ring (bicyclic) bond motifs is 14. The summed E-state index contributed by atoms with van der Waals surface area (Å²) in [6, 6.07) is 89.7. The molecule has 14 rings (SSSR count). The number of aromatic nitrogens is 2. The van der Waals surface area contributed by atoms with E-state index in [4.69, 9.17) is 0 Å². The molecule has 2 aromatic heterocycles. The first-order valence-electron chi connectivity index (χ1n) is 22.9. The maximum atomic E-state index is 2.53. The van der Waals surface area contributed by atoms with Gasteiger partial charge in [0.1, 0.15) is 0 Å². The number of hydrogen-bond donors (Lipinski definition) is 0. The molecule has 2 nitrogen and oxygen atoms in total. The molecule has 0 fully saturated rings. The molecule has 0 radical (unpaired) electrons. The summed E-state index contributed by atoms with van der Waals surface area (Å²) in [6.07, 6.45) is 0. The molecule has 0 bridgehead atoms. The Morgan fingerprint density at radius 1 is 0.197 bits per heavy atom. The molecule has 2 heteroatoms. The number of para-hydroxylation sites is 2. The average molecular weight is 837 g/mol. The molecular weight excluding hydrogens is 797 g/mol. The fourth-order valence-electron chi connectivity index (χ4n) is 11.3. The van der Waals surface area contributed by atoms with Crippen molar-refractivity contribution in [3.8, 4) is 45.0 Å². The van der Waals surface area contributed by atoms with Crippen molar-refractivity contribution in [3.05, 3.63) is 243 Å². The SMILES string of the molecule is c1ccc(-c2c(-c3c(-c4ccccc4)n(-c4ccc5c6ccccc6c6ccccc6c5c4)c4ccccc34)c3ccccc3n2-c2ccc3c4ccccc4c4ccccc4c3c2)cc1. The summed E-state index contributed by atoms with van der Waals surface area (Å²) >= 11 is 0. The lowest BCUT2D eigenvalue weighted by Crippen LogP contribution is -1.99. The Labute approximate surface area is 381 Å². The average Bonchev–Trinajstić information content (AvgIpc) is 3.92. The van der Waals surface area contributed by atoms with E-state index in [0.717, 1.165) is 44.9 Å². The van der Waals surface area contributed by atoms with Gasteiger partial charge in [-0.1, -0.05) is 206 Å². The molecule has 0 N–H and O–H groups in total. The zero-order valence-corrected chi connectivity index (χ0v) is 36.0. The van der Waals surface area contributed by atoms with E-state index in [1.165, 1.54) is 86.5 Å². The van der Waals surface area contributed by atoms with Crippen molar-refractivity contribution >= 4 is 86.4 Å². The van der Waals surface area contributed by atoms with Crippen LogP contribution in [0.2, 0.25) is 0 Å². The van der Waals surface area contributed by atoms with Crippen molar-refractivity contribution in [3.63, 3.8) is 0 Å². The third-order valence-electron chi connectivity index (χ3n) is 14.1. The van der Waals surface area contributed by atoms with Crippen molar-refractivity contribution in [2.24, 2.45) is 0 Å². The third-order valence-corrected chi connectivity index (χ3v) is 14.1. The van der Waals surface area contributed by atoms with Gasteiger partial charge in [-0.05, 0) is 112 Å². The largest absolute Gasteiger partial charge is 0.309 e. The van der Waals surface area contributed by atoms with Crippen LogP contribution in [0.1, 0.15) is 0 Å². The van der Waals surface area contributed by atoms with Gasteiger partial charge in [0, 0.05) is 33.3 Å². The van der Waals surface area contributed by atoms with Gasteiger partial charge in [0.25, 0.3) is 0 Å². The lowest BCUT2D eigenvalue weighted by Gasteiger charge is -2.17. The zero-order chi connectivity index (χ0) is 43.3. The molecule has 0 unspecified atom stereocenters. The Morgan fingerprint density at radius 2 is 0.455 bits per heavy atom. The molecule has 2 heterocycles. The van der Waals surface area contributed by atoms with E-state index in [0.29, 0.717) is 0 Å². The normalized spacial score (nSPS) is 11.9. The van der Waals surface area contributed by atoms with Crippen molar-refractivity contribution in [2.75, 3.05) is 0 Å². The monoisotopic (exact) mass is 836 g/mol. The maximum absolute atomic E-state index is 2.53. The van der Waals surface area contributed by atoms with Crippen LogP contribution < -0.4 is 0 Å². The van der Waals surface area contributed by atoms with Gasteiger partial charge < -0.3 is 9.13 Å². The van der Waals surface area contributed by atoms with Crippen molar-refractivity contribution < 1.29 is 0 Å². The first-order chi connectivity index (χ1) is 32.8. The second-order valence-corrected chi connectivity index (χ2v) is 17.5. The molecule has 0 atom stereocenters. The molecule has 0 amide bonds. The second-order valence-electron chi connectivity index (χ2n) is 17.5. The highest BCUT2D eigenvalue weighted by Crippen LogP contribution is 2.51. The van der Waals surface area contributed by atoms with Crippen LogP contribution in [0.5, 0.6) is 0 Å². The van der Waals surface area contributed by atoms with Crippen LogP contribution in [0.15, 0.2) is 243 Å². The highest BCUT2D eigenvalue weighted by molar-refractivity contribution is 6.27. The van der Waals surface area contributed by atoms with Gasteiger partial charge in [0.15, 0.2) is 0 Å². The first kappa shape index (κ1) is 36.7. The summed E-state index contributed by atoms with van der Waals surface area (Å²) in [5, 5.41) is 17.6. The van der Waals surface area contributed by atoms with Crippen LogP contribution in [0.25, 0.3) is 131 Å². The van der Waals surface area contributed by atoms with E-state index >= 15 is 0 Å². The summed E-state index contributed by atoms with van der Waals surface area (Å²) in [5.41, 5.74) is 11.7. The molecule has 0 aliphatic heterocycles. The van der Waals surface area contributed by atoms with E-state index in [2.05, 4.69) is 252 Å². The molecule has 0 aliphatic rings. The summed E-state index contributed by atoms with van der Waals surface area (Å²) in [4.78, 5) is 0. The van der Waals surface area contributed by atoms with Crippen LogP contribution >= 0.6 is 0 Å². The van der Waals surface area contributed by atoms with E-state index in [1.807, 2.05) is 0 Å².